The highest BCUT2D eigenvalue weighted by molar-refractivity contribution is 5.28. The lowest BCUT2D eigenvalue weighted by atomic mass is 9.89. The average Bonchev–Trinajstić information content (AvgIpc) is 2.67. The highest BCUT2D eigenvalue weighted by atomic mass is 19.1. The van der Waals surface area contributed by atoms with Crippen molar-refractivity contribution in [1.82, 2.24) is 5.32 Å². The maximum atomic E-state index is 14.0. The molecule has 0 heterocycles. The summed E-state index contributed by atoms with van der Waals surface area (Å²) in [5.41, 5.74) is -1.14. The van der Waals surface area contributed by atoms with Crippen LogP contribution in [0.4, 0.5) is 8.78 Å². The Bertz CT molecular complexity index is 424. The fourth-order valence-electron chi connectivity index (χ4n) is 3.10. The molecule has 2 N–H and O–H groups in total. The summed E-state index contributed by atoms with van der Waals surface area (Å²) in [4.78, 5) is 0. The summed E-state index contributed by atoms with van der Waals surface area (Å²) in [6.45, 7) is 1.33. The van der Waals surface area contributed by atoms with Crippen molar-refractivity contribution in [3.8, 4) is 0 Å². The summed E-state index contributed by atoms with van der Waals surface area (Å²) in [5.74, 6) is -1.22. The first-order chi connectivity index (χ1) is 9.57. The van der Waals surface area contributed by atoms with Crippen LogP contribution in [0, 0.1) is 11.6 Å². The molecular formula is C16H23F2NO. The molecule has 1 fully saturated rings. The van der Waals surface area contributed by atoms with Gasteiger partial charge in [-0.2, -0.15) is 0 Å². The molecule has 112 valence electrons. The van der Waals surface area contributed by atoms with Gasteiger partial charge in [-0.25, -0.2) is 8.78 Å². The molecule has 2 rings (SSSR count). The van der Waals surface area contributed by atoms with Crippen LogP contribution in [-0.4, -0.2) is 17.8 Å². The van der Waals surface area contributed by atoms with Crippen LogP contribution in [0.1, 0.15) is 51.0 Å². The lowest BCUT2D eigenvalue weighted by Gasteiger charge is -2.34. The quantitative estimate of drug-likeness (QED) is 0.829. The van der Waals surface area contributed by atoms with Crippen molar-refractivity contribution >= 4 is 0 Å². The standard InChI is InChI=1S/C16H23F2NO/c1-16(11-20,15-13(17)9-6-10-14(15)18)19-12-7-4-2-3-5-8-12/h6,9-10,12,19-20H,2-5,7-8,11H2,1H3. The SMILES string of the molecule is CC(CO)(NC1CCCCCC1)c1c(F)cccc1F. The third-order valence-corrected chi connectivity index (χ3v) is 4.21. The second-order valence-electron chi connectivity index (χ2n) is 5.92. The van der Waals surface area contributed by atoms with E-state index in [0.717, 1.165) is 25.7 Å². The van der Waals surface area contributed by atoms with Crippen LogP contribution >= 0.6 is 0 Å². The number of hydrogen-bond donors (Lipinski definition) is 2. The first kappa shape index (κ1) is 15.4. The van der Waals surface area contributed by atoms with Gasteiger partial charge in [0.15, 0.2) is 0 Å². The van der Waals surface area contributed by atoms with Crippen LogP contribution in [0.3, 0.4) is 0 Å². The molecule has 1 unspecified atom stereocenters. The highest BCUT2D eigenvalue weighted by Crippen LogP contribution is 2.29. The Morgan fingerprint density at radius 3 is 2.20 bits per heavy atom. The fourth-order valence-corrected chi connectivity index (χ4v) is 3.10. The van der Waals surface area contributed by atoms with Crippen molar-refractivity contribution in [3.05, 3.63) is 35.4 Å². The molecule has 1 aliphatic rings. The Balaban J connectivity index is 2.23. The molecule has 2 nitrogen and oxygen atoms in total. The van der Waals surface area contributed by atoms with Gasteiger partial charge in [-0.3, -0.25) is 0 Å². The Morgan fingerprint density at radius 2 is 1.70 bits per heavy atom. The molecule has 0 radical (unpaired) electrons. The number of hydrogen-bond acceptors (Lipinski definition) is 2. The van der Waals surface area contributed by atoms with Crippen LogP contribution in [0.5, 0.6) is 0 Å². The lowest BCUT2D eigenvalue weighted by molar-refractivity contribution is 0.149. The number of benzene rings is 1. The van der Waals surface area contributed by atoms with E-state index in [-0.39, 0.29) is 18.2 Å². The van der Waals surface area contributed by atoms with Crippen LogP contribution in [0.25, 0.3) is 0 Å². The maximum absolute atomic E-state index is 14.0. The minimum atomic E-state index is -1.08. The van der Waals surface area contributed by atoms with E-state index in [1.165, 1.54) is 31.0 Å². The van der Waals surface area contributed by atoms with Crippen molar-refractivity contribution < 1.29 is 13.9 Å². The van der Waals surface area contributed by atoms with Crippen LogP contribution in [0.15, 0.2) is 18.2 Å². The summed E-state index contributed by atoms with van der Waals surface area (Å²) < 4.78 is 28.0. The number of aliphatic hydroxyl groups excluding tert-OH is 1. The summed E-state index contributed by atoms with van der Waals surface area (Å²) >= 11 is 0. The van der Waals surface area contributed by atoms with Gasteiger partial charge in [0.1, 0.15) is 11.6 Å². The van der Waals surface area contributed by atoms with E-state index in [0.29, 0.717) is 0 Å². The van der Waals surface area contributed by atoms with E-state index < -0.39 is 17.2 Å². The van der Waals surface area contributed by atoms with Crippen LogP contribution < -0.4 is 5.32 Å². The van der Waals surface area contributed by atoms with Crippen molar-refractivity contribution in [1.29, 1.82) is 0 Å². The minimum Gasteiger partial charge on any atom is -0.394 e. The molecule has 1 aliphatic carbocycles. The molecule has 20 heavy (non-hydrogen) atoms. The van der Waals surface area contributed by atoms with Crippen molar-refractivity contribution in [2.45, 2.75) is 57.0 Å². The Kier molecular flexibility index (Phi) is 5.11. The van der Waals surface area contributed by atoms with Gasteiger partial charge in [0.2, 0.25) is 0 Å². The zero-order valence-corrected chi connectivity index (χ0v) is 12.0. The first-order valence-corrected chi connectivity index (χ1v) is 7.40. The topological polar surface area (TPSA) is 32.3 Å². The Hall–Kier alpha value is -1.00. The van der Waals surface area contributed by atoms with Crippen LogP contribution in [-0.2, 0) is 5.54 Å². The lowest BCUT2D eigenvalue weighted by Crippen LogP contribution is -2.49. The zero-order chi connectivity index (χ0) is 14.6. The number of rotatable bonds is 4. The zero-order valence-electron chi connectivity index (χ0n) is 12.0. The van der Waals surface area contributed by atoms with E-state index in [1.807, 2.05) is 0 Å². The second-order valence-corrected chi connectivity index (χ2v) is 5.92. The predicted octanol–water partition coefficient (Wildman–Crippen LogP) is 3.48. The van der Waals surface area contributed by atoms with E-state index in [4.69, 9.17) is 0 Å². The highest BCUT2D eigenvalue weighted by Gasteiger charge is 2.34. The van der Waals surface area contributed by atoms with Crippen molar-refractivity contribution in [2.75, 3.05) is 6.61 Å². The van der Waals surface area contributed by atoms with E-state index in [1.54, 1.807) is 6.92 Å². The Labute approximate surface area is 119 Å². The van der Waals surface area contributed by atoms with E-state index in [2.05, 4.69) is 5.32 Å². The number of aliphatic hydroxyl groups is 1. The van der Waals surface area contributed by atoms with Gasteiger partial charge >= 0.3 is 0 Å². The second kappa shape index (κ2) is 6.64. The van der Waals surface area contributed by atoms with Gasteiger partial charge in [-0.15, -0.1) is 0 Å². The summed E-state index contributed by atoms with van der Waals surface area (Å²) in [6.07, 6.45) is 6.65. The molecule has 1 saturated carbocycles. The number of halogens is 2. The fraction of sp³-hybridized carbons (Fsp3) is 0.625. The number of nitrogens with one attached hydrogen (secondary N) is 1. The monoisotopic (exact) mass is 283 g/mol. The Morgan fingerprint density at radius 1 is 1.15 bits per heavy atom. The molecule has 0 aromatic heterocycles. The molecule has 4 heteroatoms. The van der Waals surface area contributed by atoms with E-state index >= 15 is 0 Å². The van der Waals surface area contributed by atoms with Crippen molar-refractivity contribution in [2.24, 2.45) is 0 Å². The minimum absolute atomic E-state index is 0.0632. The molecule has 1 atom stereocenters. The molecule has 0 spiro atoms. The first-order valence-electron chi connectivity index (χ1n) is 7.40. The van der Waals surface area contributed by atoms with Gasteiger partial charge in [0.05, 0.1) is 12.1 Å². The molecule has 1 aromatic carbocycles. The van der Waals surface area contributed by atoms with Crippen LogP contribution in [0.2, 0.25) is 0 Å². The van der Waals surface area contributed by atoms with Gasteiger partial charge < -0.3 is 10.4 Å². The molecule has 0 bridgehead atoms. The van der Waals surface area contributed by atoms with Gasteiger partial charge in [-0.05, 0) is 31.9 Å². The normalized spacial score (nSPS) is 20.4. The van der Waals surface area contributed by atoms with Gasteiger partial charge in [0, 0.05) is 11.6 Å². The third kappa shape index (κ3) is 3.36. The molecule has 0 saturated heterocycles. The average molecular weight is 283 g/mol. The van der Waals surface area contributed by atoms with Crippen molar-refractivity contribution in [3.63, 3.8) is 0 Å². The molecule has 0 amide bonds. The smallest absolute Gasteiger partial charge is 0.131 e. The summed E-state index contributed by atoms with van der Waals surface area (Å²) in [6, 6.07) is 4.02. The molecular weight excluding hydrogens is 260 g/mol. The summed E-state index contributed by atoms with van der Waals surface area (Å²) in [7, 11) is 0. The summed E-state index contributed by atoms with van der Waals surface area (Å²) in [5, 5.41) is 13.0. The van der Waals surface area contributed by atoms with Gasteiger partial charge in [0.25, 0.3) is 0 Å². The third-order valence-electron chi connectivity index (χ3n) is 4.21. The molecule has 0 aliphatic heterocycles. The van der Waals surface area contributed by atoms with Gasteiger partial charge in [-0.1, -0.05) is 31.7 Å². The maximum Gasteiger partial charge on any atom is 0.131 e. The largest absolute Gasteiger partial charge is 0.394 e. The van der Waals surface area contributed by atoms with E-state index in [9.17, 15) is 13.9 Å². The molecule has 1 aromatic rings. The predicted molar refractivity (Wildman–Crippen MR) is 75.4 cm³/mol.